The summed E-state index contributed by atoms with van der Waals surface area (Å²) in [4.78, 5) is 10.6. The quantitative estimate of drug-likeness (QED) is 0.722. The Labute approximate surface area is 80.3 Å². The summed E-state index contributed by atoms with van der Waals surface area (Å²) in [6.07, 6.45) is -7.65. The van der Waals surface area contributed by atoms with Gasteiger partial charge in [-0.25, -0.2) is 4.79 Å². The van der Waals surface area contributed by atoms with Gasteiger partial charge in [-0.3, -0.25) is 0 Å². The van der Waals surface area contributed by atoms with Crippen molar-refractivity contribution in [1.82, 2.24) is 0 Å². The molecule has 0 bridgehead atoms. The van der Waals surface area contributed by atoms with Crippen LogP contribution < -0.4 is 0 Å². The molecule has 0 aromatic carbocycles. The zero-order valence-electron chi connectivity index (χ0n) is 8.68. The molecule has 0 saturated carbocycles. The van der Waals surface area contributed by atoms with E-state index < -0.39 is 36.2 Å². The van der Waals surface area contributed by atoms with Crippen LogP contribution in [0.3, 0.4) is 0 Å². The molecular weight excluding hydrogens is 201 g/mol. The highest BCUT2D eigenvalue weighted by Gasteiger charge is 2.61. The van der Waals surface area contributed by atoms with Crippen molar-refractivity contribution in [3.8, 4) is 0 Å². The summed E-state index contributed by atoms with van der Waals surface area (Å²) in [6, 6.07) is 0. The van der Waals surface area contributed by atoms with E-state index >= 15 is 0 Å². The molecule has 3 unspecified atom stereocenters. The Morgan fingerprint density at radius 2 is 2.21 bits per heavy atom. The van der Waals surface area contributed by atoms with Crippen molar-refractivity contribution in [2.24, 2.45) is 5.92 Å². The van der Waals surface area contributed by atoms with Crippen LogP contribution in [-0.4, -0.2) is 28.9 Å². The number of carbonyl (C=O) groups is 1. The van der Waals surface area contributed by atoms with Gasteiger partial charge >= 0.3 is 12.1 Å². The van der Waals surface area contributed by atoms with E-state index in [1.54, 1.807) is 0 Å². The standard InChI is InChI=1S/C8H11F3O3/c1-4-3-5(6(12)13)14-7(4,2)8(9,10)11/h4-5H,3H2,1-2H3,(H,12,13)/i5D. The lowest BCUT2D eigenvalue weighted by Crippen LogP contribution is -2.46. The molecule has 0 radical (unpaired) electrons. The minimum absolute atomic E-state index is 0.474. The third-order valence-corrected chi connectivity index (χ3v) is 2.57. The normalized spacial score (nSPS) is 44.9. The average Bonchev–Trinajstić information content (AvgIpc) is 2.23. The van der Waals surface area contributed by atoms with Crippen molar-refractivity contribution in [3.63, 3.8) is 0 Å². The number of halogens is 3. The van der Waals surface area contributed by atoms with Crippen molar-refractivity contribution in [2.45, 2.75) is 38.1 Å². The minimum atomic E-state index is -4.68. The summed E-state index contributed by atoms with van der Waals surface area (Å²) in [5.74, 6) is -2.76. The molecule has 1 aliphatic rings. The van der Waals surface area contributed by atoms with Crippen LogP contribution in [0.4, 0.5) is 13.2 Å². The first-order valence-corrected chi connectivity index (χ1v) is 4.03. The second kappa shape index (κ2) is 3.12. The molecule has 0 spiro atoms. The van der Waals surface area contributed by atoms with Crippen LogP contribution in [0.25, 0.3) is 0 Å². The van der Waals surface area contributed by atoms with E-state index in [2.05, 4.69) is 4.74 Å². The molecule has 0 aromatic rings. The monoisotopic (exact) mass is 213 g/mol. The van der Waals surface area contributed by atoms with Crippen LogP contribution >= 0.6 is 0 Å². The molecule has 1 aliphatic heterocycles. The third-order valence-electron chi connectivity index (χ3n) is 2.57. The number of hydrogen-bond donors (Lipinski definition) is 1. The number of rotatable bonds is 1. The zero-order valence-corrected chi connectivity index (χ0v) is 7.68. The molecule has 82 valence electrons. The van der Waals surface area contributed by atoms with E-state index in [1.165, 1.54) is 6.92 Å². The van der Waals surface area contributed by atoms with Crippen molar-refractivity contribution in [1.29, 1.82) is 0 Å². The maximum Gasteiger partial charge on any atom is 0.417 e. The summed E-state index contributed by atoms with van der Waals surface area (Å²) < 4.78 is 49.5. The van der Waals surface area contributed by atoms with Gasteiger partial charge in [0.05, 0.1) is 1.37 Å². The van der Waals surface area contributed by atoms with E-state index in [1.807, 2.05) is 0 Å². The molecule has 1 N–H and O–H groups in total. The highest BCUT2D eigenvalue weighted by Crippen LogP contribution is 2.46. The van der Waals surface area contributed by atoms with Gasteiger partial charge in [0.25, 0.3) is 0 Å². The first kappa shape index (κ1) is 9.76. The average molecular weight is 213 g/mol. The van der Waals surface area contributed by atoms with E-state index in [0.29, 0.717) is 0 Å². The van der Waals surface area contributed by atoms with Gasteiger partial charge in [0.1, 0.15) is 0 Å². The fourth-order valence-electron chi connectivity index (χ4n) is 1.34. The van der Waals surface area contributed by atoms with Gasteiger partial charge in [-0.2, -0.15) is 13.2 Å². The summed E-state index contributed by atoms with van der Waals surface area (Å²) in [5, 5.41) is 8.61. The minimum Gasteiger partial charge on any atom is -0.479 e. The summed E-state index contributed by atoms with van der Waals surface area (Å²) in [6.45, 7) is 2.00. The zero-order chi connectivity index (χ0) is 12.1. The van der Waals surface area contributed by atoms with Crippen LogP contribution in [-0.2, 0) is 9.53 Å². The number of carboxylic acid groups (broad SMARTS) is 1. The molecule has 0 aromatic heterocycles. The lowest BCUT2D eigenvalue weighted by molar-refractivity contribution is -0.273. The Kier molecular flexibility index (Phi) is 2.17. The van der Waals surface area contributed by atoms with Gasteiger partial charge < -0.3 is 9.84 Å². The highest BCUT2D eigenvalue weighted by molar-refractivity contribution is 5.72. The maximum atomic E-state index is 12.6. The van der Waals surface area contributed by atoms with E-state index in [0.717, 1.165) is 6.92 Å². The molecule has 1 saturated heterocycles. The Morgan fingerprint density at radius 3 is 2.43 bits per heavy atom. The fraction of sp³-hybridized carbons (Fsp3) is 0.875. The summed E-state index contributed by atoms with van der Waals surface area (Å²) in [7, 11) is 0. The maximum absolute atomic E-state index is 12.6. The molecular formula is C8H11F3O3. The molecule has 1 rings (SSSR count). The van der Waals surface area contributed by atoms with E-state index in [-0.39, 0.29) is 0 Å². The van der Waals surface area contributed by atoms with Gasteiger partial charge in [0.15, 0.2) is 11.7 Å². The number of alkyl halides is 3. The molecule has 6 heteroatoms. The van der Waals surface area contributed by atoms with Crippen LogP contribution in [0, 0.1) is 5.92 Å². The smallest absolute Gasteiger partial charge is 0.417 e. The van der Waals surface area contributed by atoms with Crippen molar-refractivity contribution in [2.75, 3.05) is 0 Å². The highest BCUT2D eigenvalue weighted by atomic mass is 19.4. The second-order valence-corrected chi connectivity index (χ2v) is 3.54. The number of carboxylic acids is 1. The lowest BCUT2D eigenvalue weighted by Gasteiger charge is -2.30. The second-order valence-electron chi connectivity index (χ2n) is 3.54. The molecule has 14 heavy (non-hydrogen) atoms. The van der Waals surface area contributed by atoms with Gasteiger partial charge in [-0.1, -0.05) is 6.92 Å². The van der Waals surface area contributed by atoms with E-state index in [9.17, 15) is 18.0 Å². The topological polar surface area (TPSA) is 46.5 Å². The Hall–Kier alpha value is -0.780. The van der Waals surface area contributed by atoms with Crippen molar-refractivity contribution >= 4 is 5.97 Å². The van der Waals surface area contributed by atoms with Gasteiger partial charge in [0.2, 0.25) is 0 Å². The Bertz CT molecular complexity index is 293. The van der Waals surface area contributed by atoms with E-state index in [4.69, 9.17) is 6.48 Å². The predicted octanol–water partition coefficient (Wildman–Crippen LogP) is 1.82. The van der Waals surface area contributed by atoms with Crippen LogP contribution in [0.15, 0.2) is 0 Å². The van der Waals surface area contributed by atoms with Gasteiger partial charge in [-0.15, -0.1) is 0 Å². The van der Waals surface area contributed by atoms with Gasteiger partial charge in [0, 0.05) is 0 Å². The fourth-order valence-corrected chi connectivity index (χ4v) is 1.34. The molecule has 1 heterocycles. The lowest BCUT2D eigenvalue weighted by atomic mass is 9.89. The first-order valence-electron chi connectivity index (χ1n) is 4.53. The predicted molar refractivity (Wildman–Crippen MR) is 40.7 cm³/mol. The van der Waals surface area contributed by atoms with Crippen LogP contribution in [0.1, 0.15) is 21.6 Å². The summed E-state index contributed by atoms with van der Waals surface area (Å²) in [5.41, 5.74) is -2.56. The van der Waals surface area contributed by atoms with Gasteiger partial charge in [-0.05, 0) is 19.3 Å². The molecule has 0 aliphatic carbocycles. The first-order chi connectivity index (χ1) is 6.53. The SMILES string of the molecule is [2H]C1(C(=O)O)CC(C)C(C)(C(F)(F)F)O1. The summed E-state index contributed by atoms with van der Waals surface area (Å²) >= 11 is 0. The number of hydrogen-bond acceptors (Lipinski definition) is 2. The van der Waals surface area contributed by atoms with Crippen molar-refractivity contribution in [3.05, 3.63) is 0 Å². The van der Waals surface area contributed by atoms with Crippen LogP contribution in [0.2, 0.25) is 0 Å². The van der Waals surface area contributed by atoms with Crippen molar-refractivity contribution < 1.29 is 29.2 Å². The molecule has 3 atom stereocenters. The molecule has 1 fully saturated rings. The number of aliphatic carboxylic acids is 1. The Morgan fingerprint density at radius 1 is 1.71 bits per heavy atom. The number of ether oxygens (including phenoxy) is 1. The largest absolute Gasteiger partial charge is 0.479 e. The third kappa shape index (κ3) is 1.58. The van der Waals surface area contributed by atoms with Crippen LogP contribution in [0.5, 0.6) is 0 Å². The molecule has 0 amide bonds. The molecule has 3 nitrogen and oxygen atoms in total. The Balaban J connectivity index is 3.04.